The summed E-state index contributed by atoms with van der Waals surface area (Å²) < 4.78 is 36.9. The summed E-state index contributed by atoms with van der Waals surface area (Å²) in [5.74, 6) is -0.109. The number of piperazine rings is 1. The molecule has 1 saturated heterocycles. The Bertz CT molecular complexity index is 340. The summed E-state index contributed by atoms with van der Waals surface area (Å²) in [5, 5.41) is 0. The zero-order valence-corrected chi connectivity index (χ0v) is 11.5. The summed E-state index contributed by atoms with van der Waals surface area (Å²) >= 11 is 0. The molecule has 0 aromatic carbocycles. The standard InChI is InChI=1S/C13H22F3N3O/c14-13(15,16)9-18-5-7-19(8-6-18)12(20)10-3-1-2-4-11(10)17/h10-11H,1-9,17H2. The van der Waals surface area contributed by atoms with E-state index in [9.17, 15) is 18.0 Å². The minimum absolute atomic E-state index is 0.0314. The SMILES string of the molecule is NC1CCCCC1C(=O)N1CCN(CC(F)(F)F)CC1. The zero-order valence-electron chi connectivity index (χ0n) is 11.5. The topological polar surface area (TPSA) is 49.6 Å². The van der Waals surface area contributed by atoms with E-state index >= 15 is 0 Å². The van der Waals surface area contributed by atoms with Crippen LogP contribution >= 0.6 is 0 Å². The molecule has 1 heterocycles. The normalized spacial score (nSPS) is 29.5. The van der Waals surface area contributed by atoms with E-state index < -0.39 is 12.7 Å². The Hall–Kier alpha value is -0.820. The lowest BCUT2D eigenvalue weighted by Crippen LogP contribution is -2.54. The monoisotopic (exact) mass is 293 g/mol. The predicted molar refractivity (Wildman–Crippen MR) is 69.0 cm³/mol. The Balaban J connectivity index is 1.82. The van der Waals surface area contributed by atoms with E-state index in [2.05, 4.69) is 0 Å². The summed E-state index contributed by atoms with van der Waals surface area (Å²) in [6, 6.07) is -0.0931. The first kappa shape index (κ1) is 15.6. The van der Waals surface area contributed by atoms with Crippen LogP contribution in [0.25, 0.3) is 0 Å². The van der Waals surface area contributed by atoms with Crippen molar-refractivity contribution in [1.29, 1.82) is 0 Å². The Morgan fingerprint density at radius 2 is 1.70 bits per heavy atom. The lowest BCUT2D eigenvalue weighted by atomic mass is 9.84. The summed E-state index contributed by atoms with van der Waals surface area (Å²) in [5.41, 5.74) is 5.99. The van der Waals surface area contributed by atoms with Gasteiger partial charge in [-0.1, -0.05) is 12.8 Å². The van der Waals surface area contributed by atoms with Crippen LogP contribution in [0, 0.1) is 5.92 Å². The van der Waals surface area contributed by atoms with E-state index in [1.807, 2.05) is 0 Å². The molecule has 4 nitrogen and oxygen atoms in total. The minimum atomic E-state index is -4.17. The van der Waals surface area contributed by atoms with E-state index in [1.165, 1.54) is 4.90 Å². The van der Waals surface area contributed by atoms with Crippen LogP contribution in [0.1, 0.15) is 25.7 Å². The van der Waals surface area contributed by atoms with Gasteiger partial charge in [0.15, 0.2) is 0 Å². The molecule has 1 saturated carbocycles. The highest BCUT2D eigenvalue weighted by Crippen LogP contribution is 2.25. The first-order valence-electron chi connectivity index (χ1n) is 7.20. The third-order valence-electron chi connectivity index (χ3n) is 4.22. The van der Waals surface area contributed by atoms with Gasteiger partial charge in [-0.15, -0.1) is 0 Å². The van der Waals surface area contributed by atoms with Crippen molar-refractivity contribution in [2.45, 2.75) is 37.9 Å². The predicted octanol–water partition coefficient (Wildman–Crippen LogP) is 1.21. The van der Waals surface area contributed by atoms with Crippen LogP contribution in [0.3, 0.4) is 0 Å². The number of nitrogens with zero attached hydrogens (tertiary/aromatic N) is 2. The highest BCUT2D eigenvalue weighted by Gasteiger charge is 2.35. The number of alkyl halides is 3. The molecule has 2 fully saturated rings. The van der Waals surface area contributed by atoms with Crippen molar-refractivity contribution in [2.24, 2.45) is 11.7 Å². The maximum absolute atomic E-state index is 12.4. The van der Waals surface area contributed by atoms with Crippen LogP contribution in [0.2, 0.25) is 0 Å². The van der Waals surface area contributed by atoms with Gasteiger partial charge < -0.3 is 10.6 Å². The molecule has 2 N–H and O–H groups in total. The second kappa shape index (κ2) is 6.30. The van der Waals surface area contributed by atoms with Crippen molar-refractivity contribution in [3.8, 4) is 0 Å². The van der Waals surface area contributed by atoms with E-state index in [4.69, 9.17) is 5.73 Å². The van der Waals surface area contributed by atoms with Gasteiger partial charge in [-0.3, -0.25) is 9.69 Å². The van der Waals surface area contributed by atoms with Gasteiger partial charge in [0.25, 0.3) is 0 Å². The Morgan fingerprint density at radius 3 is 2.25 bits per heavy atom. The van der Waals surface area contributed by atoms with Gasteiger partial charge in [0.2, 0.25) is 5.91 Å². The third kappa shape index (κ3) is 4.09. The number of carbonyl (C=O) groups is 1. The highest BCUT2D eigenvalue weighted by molar-refractivity contribution is 5.79. The van der Waals surface area contributed by atoms with E-state index in [-0.39, 0.29) is 31.0 Å². The van der Waals surface area contributed by atoms with Crippen molar-refractivity contribution >= 4 is 5.91 Å². The first-order chi connectivity index (χ1) is 9.37. The van der Waals surface area contributed by atoms with Crippen molar-refractivity contribution in [3.63, 3.8) is 0 Å². The second-order valence-corrected chi connectivity index (χ2v) is 5.77. The molecule has 116 valence electrons. The number of carbonyl (C=O) groups excluding carboxylic acids is 1. The number of amides is 1. The first-order valence-corrected chi connectivity index (χ1v) is 7.20. The maximum Gasteiger partial charge on any atom is 0.401 e. The van der Waals surface area contributed by atoms with Gasteiger partial charge >= 0.3 is 6.18 Å². The number of halogens is 3. The van der Waals surface area contributed by atoms with Gasteiger partial charge in [-0.25, -0.2) is 0 Å². The molecule has 2 atom stereocenters. The van der Waals surface area contributed by atoms with Gasteiger partial charge in [-0.05, 0) is 12.8 Å². The molecule has 20 heavy (non-hydrogen) atoms. The smallest absolute Gasteiger partial charge is 0.340 e. The van der Waals surface area contributed by atoms with Gasteiger partial charge in [0.1, 0.15) is 0 Å². The van der Waals surface area contributed by atoms with E-state index in [0.717, 1.165) is 25.7 Å². The van der Waals surface area contributed by atoms with Crippen LogP contribution in [-0.2, 0) is 4.79 Å². The van der Waals surface area contributed by atoms with E-state index in [0.29, 0.717) is 13.1 Å². The van der Waals surface area contributed by atoms with Crippen LogP contribution in [0.15, 0.2) is 0 Å². The lowest BCUT2D eigenvalue weighted by molar-refractivity contribution is -0.153. The van der Waals surface area contributed by atoms with Crippen molar-refractivity contribution in [3.05, 3.63) is 0 Å². The Morgan fingerprint density at radius 1 is 1.10 bits per heavy atom. The Labute approximate surface area is 117 Å². The molecule has 0 bridgehead atoms. The maximum atomic E-state index is 12.4. The molecule has 0 spiro atoms. The van der Waals surface area contributed by atoms with Crippen LogP contribution < -0.4 is 5.73 Å². The zero-order chi connectivity index (χ0) is 14.8. The fourth-order valence-electron chi connectivity index (χ4n) is 3.08. The van der Waals surface area contributed by atoms with Crippen molar-refractivity contribution in [2.75, 3.05) is 32.7 Å². The molecule has 2 rings (SSSR count). The quantitative estimate of drug-likeness (QED) is 0.832. The number of hydrogen-bond donors (Lipinski definition) is 1. The third-order valence-corrected chi connectivity index (χ3v) is 4.22. The van der Waals surface area contributed by atoms with Crippen molar-refractivity contribution in [1.82, 2.24) is 9.80 Å². The molecule has 2 unspecified atom stereocenters. The van der Waals surface area contributed by atoms with Gasteiger partial charge in [0.05, 0.1) is 12.5 Å². The molecule has 1 aliphatic carbocycles. The van der Waals surface area contributed by atoms with Gasteiger partial charge in [-0.2, -0.15) is 13.2 Å². The minimum Gasteiger partial charge on any atom is -0.340 e. The molecule has 1 aliphatic heterocycles. The summed E-state index contributed by atoms with van der Waals surface area (Å²) in [4.78, 5) is 15.4. The van der Waals surface area contributed by atoms with Crippen LogP contribution in [-0.4, -0.2) is 60.6 Å². The average Bonchev–Trinajstić information content (AvgIpc) is 2.37. The van der Waals surface area contributed by atoms with Gasteiger partial charge in [0, 0.05) is 32.2 Å². The molecule has 2 aliphatic rings. The second-order valence-electron chi connectivity index (χ2n) is 5.77. The highest BCUT2D eigenvalue weighted by atomic mass is 19.4. The Kier molecular flexibility index (Phi) is 4.90. The summed E-state index contributed by atoms with van der Waals surface area (Å²) in [7, 11) is 0. The van der Waals surface area contributed by atoms with Crippen LogP contribution in [0.4, 0.5) is 13.2 Å². The molecule has 0 aromatic heterocycles. The molecular formula is C13H22F3N3O. The number of nitrogens with two attached hydrogens (primary N) is 1. The molecular weight excluding hydrogens is 271 g/mol. The fourth-order valence-corrected chi connectivity index (χ4v) is 3.08. The fraction of sp³-hybridized carbons (Fsp3) is 0.923. The largest absolute Gasteiger partial charge is 0.401 e. The van der Waals surface area contributed by atoms with E-state index in [1.54, 1.807) is 4.90 Å². The van der Waals surface area contributed by atoms with Crippen molar-refractivity contribution < 1.29 is 18.0 Å². The molecule has 0 radical (unpaired) electrons. The number of hydrogen-bond acceptors (Lipinski definition) is 3. The lowest BCUT2D eigenvalue weighted by Gasteiger charge is -2.38. The molecule has 1 amide bonds. The average molecular weight is 293 g/mol. The van der Waals surface area contributed by atoms with Crippen LogP contribution in [0.5, 0.6) is 0 Å². The number of rotatable bonds is 2. The summed E-state index contributed by atoms with van der Waals surface area (Å²) in [6.45, 7) is 0.425. The summed E-state index contributed by atoms with van der Waals surface area (Å²) in [6.07, 6.45) is -0.423. The molecule has 7 heteroatoms. The molecule has 0 aromatic rings.